The predicted octanol–water partition coefficient (Wildman–Crippen LogP) is 5.55. The van der Waals surface area contributed by atoms with Gasteiger partial charge in [0.25, 0.3) is 0 Å². The molecule has 0 N–H and O–H groups in total. The van der Waals surface area contributed by atoms with Gasteiger partial charge in [-0.2, -0.15) is 0 Å². The largest absolute Gasteiger partial charge is 1.00 e. The second-order valence-corrected chi connectivity index (χ2v) is 15.1. The van der Waals surface area contributed by atoms with Crippen molar-refractivity contribution in [1.82, 2.24) is 0 Å². The fraction of sp³-hybridized carbons (Fsp3) is 0.214. The number of carbonyl (C=O) groups is 1. The molecule has 0 aromatic heterocycles. The van der Waals surface area contributed by atoms with Gasteiger partial charge in [-0.15, -0.1) is 0 Å². The zero-order valence-electron chi connectivity index (χ0n) is 28.4. The van der Waals surface area contributed by atoms with E-state index in [0.717, 1.165) is 43.2 Å². The fourth-order valence-electron chi connectivity index (χ4n) is 6.04. The molecule has 49 heavy (non-hydrogen) atoms. The molecule has 0 saturated heterocycles. The maximum atomic E-state index is 12.9. The van der Waals surface area contributed by atoms with Gasteiger partial charge in [-0.3, -0.25) is 4.79 Å². The molecule has 5 rings (SSSR count). The van der Waals surface area contributed by atoms with Gasteiger partial charge >= 0.3 is 0 Å². The maximum absolute atomic E-state index is 12.9. The summed E-state index contributed by atoms with van der Waals surface area (Å²) in [5.74, 6) is 2.00. The van der Waals surface area contributed by atoms with Crippen LogP contribution in [-0.2, 0) is 0 Å². The number of halogens is 1. The molecule has 0 saturated carbocycles. The molecule has 7 heteroatoms. The lowest BCUT2D eigenvalue weighted by molar-refractivity contribution is -0.0000179. The first-order valence-corrected chi connectivity index (χ1v) is 18.4. The third kappa shape index (κ3) is 9.41. The molecule has 5 aromatic carbocycles. The van der Waals surface area contributed by atoms with Crippen molar-refractivity contribution < 1.29 is 40.7 Å². The van der Waals surface area contributed by atoms with Crippen molar-refractivity contribution in [3.63, 3.8) is 0 Å². The lowest BCUT2D eigenvalue weighted by Gasteiger charge is -2.27. The first kappa shape index (κ1) is 37.4. The van der Waals surface area contributed by atoms with Gasteiger partial charge in [-0.05, 0) is 98.0 Å². The van der Waals surface area contributed by atoms with Crippen molar-refractivity contribution in [3.8, 4) is 23.0 Å². The van der Waals surface area contributed by atoms with Gasteiger partial charge in [-0.1, -0.05) is 72.8 Å². The highest BCUT2D eigenvalue weighted by atomic mass is 79.9. The average Bonchev–Trinajstić information content (AvgIpc) is 3.16. The van der Waals surface area contributed by atoms with Crippen LogP contribution in [0.2, 0.25) is 0 Å². The number of hydrogen-bond acceptors (Lipinski definition) is 5. The maximum Gasteiger partial charge on any atom is 0.203 e. The van der Waals surface area contributed by atoms with E-state index in [2.05, 4.69) is 91.0 Å². The van der Waals surface area contributed by atoms with Crippen molar-refractivity contribution in [2.75, 3.05) is 34.1 Å². The Morgan fingerprint density at radius 1 is 0.612 bits per heavy atom. The minimum absolute atomic E-state index is 0. The Labute approximate surface area is 302 Å². The number of allylic oxidation sites excluding steroid dienone is 1. The van der Waals surface area contributed by atoms with E-state index in [-0.39, 0.29) is 22.8 Å². The molecule has 0 bridgehead atoms. The molecule has 0 unspecified atom stereocenters. The Balaban J connectivity index is 0.00000541. The third-order valence-corrected chi connectivity index (χ3v) is 13.0. The van der Waals surface area contributed by atoms with E-state index in [0.29, 0.717) is 29.4 Å². The minimum Gasteiger partial charge on any atom is -1.00 e. The summed E-state index contributed by atoms with van der Waals surface area (Å²) in [4.78, 5) is 12.9. The molecular weight excluding hydrogens is 695 g/mol. The van der Waals surface area contributed by atoms with Crippen molar-refractivity contribution in [3.05, 3.63) is 145 Å². The average molecular weight is 740 g/mol. The van der Waals surface area contributed by atoms with Crippen molar-refractivity contribution >= 4 is 35.0 Å². The molecule has 5 nitrogen and oxygen atoms in total. The van der Waals surface area contributed by atoms with Crippen LogP contribution in [0.15, 0.2) is 133 Å². The fourth-order valence-corrected chi connectivity index (χ4v) is 10.5. The molecular formula is C42H44BrO5P. The van der Waals surface area contributed by atoms with Crippen molar-refractivity contribution in [2.24, 2.45) is 0 Å². The Morgan fingerprint density at radius 2 is 1.10 bits per heavy atom. The van der Waals surface area contributed by atoms with Crippen LogP contribution in [0.4, 0.5) is 0 Å². The van der Waals surface area contributed by atoms with Crippen LogP contribution in [0.25, 0.3) is 6.08 Å². The van der Waals surface area contributed by atoms with E-state index in [1.165, 1.54) is 37.2 Å². The summed E-state index contributed by atoms with van der Waals surface area (Å²) in [5, 5.41) is 4.32. The van der Waals surface area contributed by atoms with Gasteiger partial charge in [0.2, 0.25) is 5.75 Å². The first-order chi connectivity index (χ1) is 23.6. The predicted molar refractivity (Wildman–Crippen MR) is 200 cm³/mol. The SMILES string of the molecule is COc1cc(C(=O)C=Cc2ccc(OCCCCCC[P+](c3ccccc3)(c3ccccc3)c3ccccc3)cc2)cc(OC)c1OC.[Br-]. The number of carbonyl (C=O) groups excluding carboxylic acids is 1. The molecule has 5 aromatic rings. The third-order valence-electron chi connectivity index (χ3n) is 8.50. The molecule has 0 aliphatic heterocycles. The van der Waals surface area contributed by atoms with Gasteiger partial charge < -0.3 is 35.9 Å². The molecule has 0 atom stereocenters. The Kier molecular flexibility index (Phi) is 14.5. The van der Waals surface area contributed by atoms with Crippen LogP contribution >= 0.6 is 7.26 Å². The topological polar surface area (TPSA) is 54.0 Å². The number of hydrogen-bond donors (Lipinski definition) is 0. The van der Waals surface area contributed by atoms with Crippen molar-refractivity contribution in [2.45, 2.75) is 25.7 Å². The number of unbranched alkanes of at least 4 members (excludes halogenated alkanes) is 3. The summed E-state index contributed by atoms with van der Waals surface area (Å²) >= 11 is 0. The summed E-state index contributed by atoms with van der Waals surface area (Å²) in [6.07, 6.45) is 8.90. The second kappa shape index (κ2) is 19.0. The summed E-state index contributed by atoms with van der Waals surface area (Å²) in [7, 11) is 2.82. The van der Waals surface area contributed by atoms with Crippen LogP contribution in [-0.4, -0.2) is 39.9 Å². The van der Waals surface area contributed by atoms with Crippen LogP contribution in [0.3, 0.4) is 0 Å². The highest BCUT2D eigenvalue weighted by Gasteiger charge is 2.44. The molecule has 254 valence electrons. The molecule has 0 spiro atoms. The quantitative estimate of drug-likeness (QED) is 0.0543. The number of ether oxygens (including phenoxy) is 4. The van der Waals surface area contributed by atoms with Gasteiger partial charge in [0.1, 0.15) is 28.9 Å². The number of methoxy groups -OCH3 is 3. The zero-order chi connectivity index (χ0) is 33.6. The minimum atomic E-state index is -1.78. The van der Waals surface area contributed by atoms with Crippen LogP contribution < -0.4 is 51.8 Å². The van der Waals surface area contributed by atoms with Gasteiger partial charge in [0.15, 0.2) is 17.3 Å². The van der Waals surface area contributed by atoms with E-state index in [1.54, 1.807) is 24.3 Å². The van der Waals surface area contributed by atoms with E-state index in [9.17, 15) is 4.79 Å². The van der Waals surface area contributed by atoms with Crippen molar-refractivity contribution in [1.29, 1.82) is 0 Å². The van der Waals surface area contributed by atoms with E-state index in [4.69, 9.17) is 18.9 Å². The van der Waals surface area contributed by atoms with E-state index < -0.39 is 7.26 Å². The number of ketones is 1. The van der Waals surface area contributed by atoms with Crippen LogP contribution in [0.5, 0.6) is 23.0 Å². The smallest absolute Gasteiger partial charge is 0.203 e. The van der Waals surface area contributed by atoms with Gasteiger partial charge in [0.05, 0.1) is 34.1 Å². The molecule has 0 aliphatic rings. The Morgan fingerprint density at radius 3 is 1.57 bits per heavy atom. The van der Waals surface area contributed by atoms with Gasteiger partial charge in [-0.25, -0.2) is 0 Å². The summed E-state index contributed by atoms with van der Waals surface area (Å²) < 4.78 is 22.2. The standard InChI is InChI=1S/C42H44O5P.BrH/c1-44-40-31-34(32-41(45-2)42(40)46-3)39(43)28-25-33-23-26-35(27-24-33)47-29-15-4-5-16-30-48(36-17-9-6-10-18-36,37-19-11-7-12-20-37)38-21-13-8-14-22-38;/h6-14,17-28,31-32H,4-5,15-16,29-30H2,1-3H3;1H/q+1;/p-1. The zero-order valence-corrected chi connectivity index (χ0v) is 30.9. The molecule has 0 heterocycles. The molecule has 0 radical (unpaired) electrons. The second-order valence-electron chi connectivity index (χ2n) is 11.5. The van der Waals surface area contributed by atoms with Crippen LogP contribution in [0, 0.1) is 0 Å². The lowest BCUT2D eigenvalue weighted by Crippen LogP contribution is -3.00. The summed E-state index contributed by atoms with van der Waals surface area (Å²) in [6.45, 7) is 0.672. The number of rotatable bonds is 17. The normalized spacial score (nSPS) is 11.1. The van der Waals surface area contributed by atoms with Gasteiger partial charge in [0, 0.05) is 5.56 Å². The first-order valence-electron chi connectivity index (χ1n) is 16.4. The Bertz CT molecular complexity index is 1640. The molecule has 0 aliphatic carbocycles. The molecule has 0 amide bonds. The summed E-state index contributed by atoms with van der Waals surface area (Å²) in [6, 6.07) is 44.4. The molecule has 0 fully saturated rings. The lowest BCUT2D eigenvalue weighted by atomic mass is 10.1. The number of benzene rings is 5. The van der Waals surface area contributed by atoms with E-state index in [1.807, 2.05) is 24.3 Å². The highest BCUT2D eigenvalue weighted by molar-refractivity contribution is 7.95. The summed E-state index contributed by atoms with van der Waals surface area (Å²) in [5.41, 5.74) is 1.36. The van der Waals surface area contributed by atoms with Crippen LogP contribution in [0.1, 0.15) is 41.6 Å². The monoisotopic (exact) mass is 738 g/mol. The highest BCUT2D eigenvalue weighted by Crippen LogP contribution is 2.56. The van der Waals surface area contributed by atoms with E-state index >= 15 is 0 Å². The Hall–Kier alpha value is -4.38.